The number of hydrogen-bond acceptors (Lipinski definition) is 3. The molecule has 0 heterocycles. The van der Waals surface area contributed by atoms with Crippen LogP contribution in [0.3, 0.4) is 0 Å². The summed E-state index contributed by atoms with van der Waals surface area (Å²) < 4.78 is 0. The van der Waals surface area contributed by atoms with Crippen molar-refractivity contribution in [3.63, 3.8) is 0 Å². The zero-order valence-electron chi connectivity index (χ0n) is 13.2. The summed E-state index contributed by atoms with van der Waals surface area (Å²) in [6.07, 6.45) is 4.84. The van der Waals surface area contributed by atoms with E-state index in [1.807, 2.05) is 20.8 Å². The van der Waals surface area contributed by atoms with Gasteiger partial charge in [-0.2, -0.15) is 0 Å². The minimum atomic E-state index is -0.624. The first-order valence-corrected chi connectivity index (χ1v) is 7.52. The number of rotatable bonds is 8. The van der Waals surface area contributed by atoms with Crippen LogP contribution < -0.4 is 11.1 Å². The highest BCUT2D eigenvalue weighted by atomic mass is 16.1. The standard InChI is InChI=1S/C15H31N3O/c1-11(2)17-15(4,14(16)19)9-12(3)18(5)10-13-7-6-8-13/h11-13,17H,6-10H2,1-5H3,(H2,16,19). The monoisotopic (exact) mass is 269 g/mol. The fraction of sp³-hybridized carbons (Fsp3) is 0.933. The number of hydrogen-bond donors (Lipinski definition) is 2. The molecule has 0 saturated heterocycles. The molecule has 2 unspecified atom stereocenters. The fourth-order valence-electron chi connectivity index (χ4n) is 2.88. The minimum absolute atomic E-state index is 0.252. The summed E-state index contributed by atoms with van der Waals surface area (Å²) >= 11 is 0. The lowest BCUT2D eigenvalue weighted by atomic mass is 9.84. The van der Waals surface area contributed by atoms with Gasteiger partial charge in [-0.05, 0) is 59.9 Å². The van der Waals surface area contributed by atoms with Gasteiger partial charge in [0.1, 0.15) is 0 Å². The van der Waals surface area contributed by atoms with Crippen molar-refractivity contribution < 1.29 is 4.79 Å². The second kappa shape index (κ2) is 6.71. The molecule has 4 nitrogen and oxygen atoms in total. The number of nitrogens with two attached hydrogens (primary N) is 1. The van der Waals surface area contributed by atoms with Crippen LogP contribution in [-0.4, -0.2) is 42.0 Å². The first-order valence-electron chi connectivity index (χ1n) is 7.52. The van der Waals surface area contributed by atoms with Crippen molar-refractivity contribution >= 4 is 5.91 Å². The molecule has 1 rings (SSSR count). The molecule has 2 atom stereocenters. The van der Waals surface area contributed by atoms with Gasteiger partial charge in [0.25, 0.3) is 0 Å². The summed E-state index contributed by atoms with van der Waals surface area (Å²) in [7, 11) is 2.15. The molecule has 0 bridgehead atoms. The van der Waals surface area contributed by atoms with Gasteiger partial charge in [0.05, 0.1) is 5.54 Å². The summed E-state index contributed by atoms with van der Waals surface area (Å²) in [6.45, 7) is 9.33. The van der Waals surface area contributed by atoms with Crippen molar-refractivity contribution in [2.24, 2.45) is 11.7 Å². The average Bonchev–Trinajstić information content (AvgIpc) is 2.21. The zero-order chi connectivity index (χ0) is 14.6. The molecule has 1 aliphatic rings. The highest BCUT2D eigenvalue weighted by Gasteiger charge is 2.34. The van der Waals surface area contributed by atoms with Crippen LogP contribution in [0.15, 0.2) is 0 Å². The first-order chi connectivity index (χ1) is 8.74. The highest BCUT2D eigenvalue weighted by Crippen LogP contribution is 2.28. The zero-order valence-corrected chi connectivity index (χ0v) is 13.2. The Labute approximate surface area is 118 Å². The Hall–Kier alpha value is -0.610. The van der Waals surface area contributed by atoms with E-state index in [1.165, 1.54) is 19.3 Å². The van der Waals surface area contributed by atoms with Crippen LogP contribution in [0.25, 0.3) is 0 Å². The normalized spacial score (nSPS) is 21.2. The average molecular weight is 269 g/mol. The van der Waals surface area contributed by atoms with Gasteiger partial charge < -0.3 is 16.0 Å². The molecule has 0 aromatic carbocycles. The van der Waals surface area contributed by atoms with Crippen molar-refractivity contribution in [2.75, 3.05) is 13.6 Å². The van der Waals surface area contributed by atoms with Crippen LogP contribution in [0.4, 0.5) is 0 Å². The summed E-state index contributed by atoms with van der Waals surface area (Å²) in [5.41, 5.74) is 4.96. The van der Waals surface area contributed by atoms with Crippen LogP contribution in [-0.2, 0) is 4.79 Å². The third-order valence-electron chi connectivity index (χ3n) is 4.38. The number of nitrogens with zero attached hydrogens (tertiary/aromatic N) is 1. The molecule has 1 amide bonds. The van der Waals surface area contributed by atoms with Crippen LogP contribution >= 0.6 is 0 Å². The van der Waals surface area contributed by atoms with E-state index in [0.29, 0.717) is 6.04 Å². The molecule has 1 saturated carbocycles. The molecule has 0 radical (unpaired) electrons. The smallest absolute Gasteiger partial charge is 0.237 e. The molecular formula is C15H31N3O. The largest absolute Gasteiger partial charge is 0.368 e. The predicted molar refractivity (Wildman–Crippen MR) is 79.9 cm³/mol. The van der Waals surface area contributed by atoms with Gasteiger partial charge in [-0.25, -0.2) is 0 Å². The van der Waals surface area contributed by atoms with Crippen LogP contribution in [0.5, 0.6) is 0 Å². The lowest BCUT2D eigenvalue weighted by Gasteiger charge is -2.38. The number of primary amides is 1. The quantitative estimate of drug-likeness (QED) is 0.705. The van der Waals surface area contributed by atoms with Gasteiger partial charge in [0.2, 0.25) is 5.91 Å². The van der Waals surface area contributed by atoms with Gasteiger partial charge in [-0.15, -0.1) is 0 Å². The maximum Gasteiger partial charge on any atom is 0.237 e. The topological polar surface area (TPSA) is 58.4 Å². The molecule has 0 aromatic heterocycles. The molecule has 1 aliphatic carbocycles. The lowest BCUT2D eigenvalue weighted by molar-refractivity contribution is -0.124. The number of amides is 1. The van der Waals surface area contributed by atoms with Crippen LogP contribution in [0.2, 0.25) is 0 Å². The summed E-state index contributed by atoms with van der Waals surface area (Å²) in [5.74, 6) is 0.593. The molecule has 0 aromatic rings. The molecule has 3 N–H and O–H groups in total. The summed E-state index contributed by atoms with van der Waals surface area (Å²) in [4.78, 5) is 14.1. The summed E-state index contributed by atoms with van der Waals surface area (Å²) in [6, 6.07) is 0.603. The third kappa shape index (κ3) is 4.77. The van der Waals surface area contributed by atoms with Crippen molar-refractivity contribution in [2.45, 2.75) is 71.0 Å². The van der Waals surface area contributed by atoms with E-state index >= 15 is 0 Å². The van der Waals surface area contributed by atoms with Crippen molar-refractivity contribution in [3.05, 3.63) is 0 Å². The lowest BCUT2D eigenvalue weighted by Crippen LogP contribution is -2.58. The molecule has 0 spiro atoms. The third-order valence-corrected chi connectivity index (χ3v) is 4.38. The van der Waals surface area contributed by atoms with E-state index in [2.05, 4.69) is 24.2 Å². The second-order valence-corrected chi connectivity index (χ2v) is 6.79. The number of nitrogens with one attached hydrogen (secondary N) is 1. The predicted octanol–water partition coefficient (Wildman–Crippen LogP) is 1.74. The van der Waals surface area contributed by atoms with Crippen molar-refractivity contribution in [1.29, 1.82) is 0 Å². The Balaban J connectivity index is 2.54. The van der Waals surface area contributed by atoms with Gasteiger partial charge in [0.15, 0.2) is 0 Å². The Kier molecular flexibility index (Phi) is 5.81. The van der Waals surface area contributed by atoms with Crippen molar-refractivity contribution in [1.82, 2.24) is 10.2 Å². The molecular weight excluding hydrogens is 238 g/mol. The Morgan fingerprint density at radius 3 is 2.37 bits per heavy atom. The molecule has 1 fully saturated rings. The maximum absolute atomic E-state index is 11.7. The van der Waals surface area contributed by atoms with Crippen LogP contribution in [0.1, 0.15) is 53.4 Å². The van der Waals surface area contributed by atoms with E-state index < -0.39 is 5.54 Å². The number of carbonyl (C=O) groups is 1. The Bertz CT molecular complexity index is 302. The SMILES string of the molecule is CC(C)NC(C)(CC(C)N(C)CC1CCC1)C(N)=O. The first kappa shape index (κ1) is 16.4. The van der Waals surface area contributed by atoms with Crippen molar-refractivity contribution in [3.8, 4) is 0 Å². The summed E-state index contributed by atoms with van der Waals surface area (Å²) in [5, 5.41) is 3.32. The van der Waals surface area contributed by atoms with Gasteiger partial charge in [-0.3, -0.25) is 4.79 Å². The van der Waals surface area contributed by atoms with E-state index in [-0.39, 0.29) is 11.9 Å². The van der Waals surface area contributed by atoms with Crippen LogP contribution in [0, 0.1) is 5.92 Å². The second-order valence-electron chi connectivity index (χ2n) is 6.79. The molecule has 19 heavy (non-hydrogen) atoms. The van der Waals surface area contributed by atoms with E-state index in [1.54, 1.807) is 0 Å². The van der Waals surface area contributed by atoms with Gasteiger partial charge in [0, 0.05) is 18.6 Å². The highest BCUT2D eigenvalue weighted by molar-refractivity contribution is 5.84. The van der Waals surface area contributed by atoms with Gasteiger partial charge >= 0.3 is 0 Å². The molecule has 0 aliphatic heterocycles. The minimum Gasteiger partial charge on any atom is -0.368 e. The Morgan fingerprint density at radius 2 is 2.00 bits per heavy atom. The van der Waals surface area contributed by atoms with E-state index in [0.717, 1.165) is 18.9 Å². The Morgan fingerprint density at radius 1 is 1.42 bits per heavy atom. The molecule has 4 heteroatoms. The van der Waals surface area contributed by atoms with E-state index in [9.17, 15) is 4.79 Å². The maximum atomic E-state index is 11.7. The molecule has 112 valence electrons. The van der Waals surface area contributed by atoms with Gasteiger partial charge in [-0.1, -0.05) is 6.42 Å². The fourth-order valence-corrected chi connectivity index (χ4v) is 2.88. The van der Waals surface area contributed by atoms with E-state index in [4.69, 9.17) is 5.73 Å². The number of carbonyl (C=O) groups excluding carboxylic acids is 1.